The van der Waals surface area contributed by atoms with Crippen LogP contribution >= 0.6 is 11.8 Å². The lowest BCUT2D eigenvalue weighted by molar-refractivity contribution is -0.125. The van der Waals surface area contributed by atoms with Crippen LogP contribution in [0.4, 0.5) is 0 Å². The van der Waals surface area contributed by atoms with Gasteiger partial charge in [-0.25, -0.2) is 9.67 Å². The Morgan fingerprint density at radius 3 is 3.06 bits per heavy atom. The van der Waals surface area contributed by atoms with Gasteiger partial charge in [-0.2, -0.15) is 5.10 Å². The topological polar surface area (TPSA) is 85.8 Å². The number of nitrogens with two attached hydrogens (primary N) is 1. The van der Waals surface area contributed by atoms with Crippen LogP contribution in [0.2, 0.25) is 0 Å². The number of rotatable bonds is 4. The predicted octanol–water partition coefficient (Wildman–Crippen LogP) is 0.293. The normalized spacial score (nSPS) is 28.2. The number of hydrogen-bond donors (Lipinski definition) is 2. The van der Waals surface area contributed by atoms with Gasteiger partial charge in [0.25, 0.3) is 0 Å². The summed E-state index contributed by atoms with van der Waals surface area (Å²) in [5.74, 6) is -0.256. The van der Waals surface area contributed by atoms with Crippen molar-refractivity contribution in [1.29, 1.82) is 0 Å². The van der Waals surface area contributed by atoms with Gasteiger partial charge < -0.3 is 11.1 Å². The standard InChI is InChI=1S/C11H19N5OS/c1-13-11(9(12)17)5-3-4-8(6-11)18-10-14-7-15-16(10)2/h7-8,13H,3-6H2,1-2H3,(H2,12,17). The van der Waals surface area contributed by atoms with Crippen LogP contribution in [-0.2, 0) is 11.8 Å². The van der Waals surface area contributed by atoms with Crippen molar-refractivity contribution >= 4 is 17.7 Å². The first-order valence-electron chi connectivity index (χ1n) is 6.07. The van der Waals surface area contributed by atoms with E-state index in [0.717, 1.165) is 30.8 Å². The zero-order chi connectivity index (χ0) is 13.2. The number of thioether (sulfide) groups is 1. The molecule has 0 bridgehead atoms. The van der Waals surface area contributed by atoms with Crippen molar-refractivity contribution in [2.75, 3.05) is 7.05 Å². The highest BCUT2D eigenvalue weighted by molar-refractivity contribution is 7.99. The lowest BCUT2D eigenvalue weighted by Gasteiger charge is -2.37. The minimum atomic E-state index is -0.561. The Hall–Kier alpha value is -1.08. The predicted molar refractivity (Wildman–Crippen MR) is 70.1 cm³/mol. The van der Waals surface area contributed by atoms with Crippen LogP contribution in [0.3, 0.4) is 0 Å². The number of amides is 1. The average Bonchev–Trinajstić information content (AvgIpc) is 2.75. The SMILES string of the molecule is CNC1(C(N)=O)CCCC(Sc2ncnn2C)C1. The van der Waals surface area contributed by atoms with E-state index < -0.39 is 5.54 Å². The number of carbonyl (C=O) groups excluding carboxylic acids is 1. The average molecular weight is 269 g/mol. The van der Waals surface area contributed by atoms with Crippen molar-refractivity contribution in [1.82, 2.24) is 20.1 Å². The zero-order valence-electron chi connectivity index (χ0n) is 10.7. The van der Waals surface area contributed by atoms with E-state index in [-0.39, 0.29) is 5.91 Å². The van der Waals surface area contributed by atoms with Crippen LogP contribution in [0.1, 0.15) is 25.7 Å². The van der Waals surface area contributed by atoms with E-state index in [1.807, 2.05) is 7.05 Å². The van der Waals surface area contributed by atoms with Gasteiger partial charge in [-0.15, -0.1) is 0 Å². The molecule has 18 heavy (non-hydrogen) atoms. The van der Waals surface area contributed by atoms with Gasteiger partial charge in [-0.1, -0.05) is 11.8 Å². The van der Waals surface area contributed by atoms with Crippen LogP contribution in [-0.4, -0.2) is 38.5 Å². The molecule has 2 rings (SSSR count). The second-order valence-electron chi connectivity index (χ2n) is 4.70. The summed E-state index contributed by atoms with van der Waals surface area (Å²) in [6.07, 6.45) is 5.18. The van der Waals surface area contributed by atoms with Gasteiger partial charge in [0.05, 0.1) is 5.54 Å². The van der Waals surface area contributed by atoms with Gasteiger partial charge >= 0.3 is 0 Å². The number of nitrogens with zero attached hydrogens (tertiary/aromatic N) is 3. The summed E-state index contributed by atoms with van der Waals surface area (Å²) in [7, 11) is 3.68. The number of carbonyl (C=O) groups is 1. The molecule has 2 atom stereocenters. The molecule has 1 aliphatic carbocycles. The number of primary amides is 1. The van der Waals surface area contributed by atoms with Crippen molar-refractivity contribution in [3.05, 3.63) is 6.33 Å². The van der Waals surface area contributed by atoms with E-state index in [2.05, 4.69) is 15.4 Å². The van der Waals surface area contributed by atoms with Gasteiger partial charge in [-0.05, 0) is 32.7 Å². The summed E-state index contributed by atoms with van der Waals surface area (Å²) in [4.78, 5) is 15.8. The molecule has 100 valence electrons. The van der Waals surface area contributed by atoms with Gasteiger partial charge in [0.15, 0.2) is 5.16 Å². The molecule has 2 unspecified atom stereocenters. The van der Waals surface area contributed by atoms with Gasteiger partial charge in [0.2, 0.25) is 5.91 Å². The maximum atomic E-state index is 11.6. The molecular formula is C11H19N5OS. The van der Waals surface area contributed by atoms with Gasteiger partial charge in [0.1, 0.15) is 6.33 Å². The first-order valence-corrected chi connectivity index (χ1v) is 6.95. The monoisotopic (exact) mass is 269 g/mol. The van der Waals surface area contributed by atoms with E-state index in [9.17, 15) is 4.79 Å². The van der Waals surface area contributed by atoms with Gasteiger partial charge in [-0.3, -0.25) is 4.79 Å². The summed E-state index contributed by atoms with van der Waals surface area (Å²) in [5.41, 5.74) is 4.97. The summed E-state index contributed by atoms with van der Waals surface area (Å²) < 4.78 is 1.75. The number of aromatic nitrogens is 3. The third-order valence-electron chi connectivity index (χ3n) is 3.60. The maximum Gasteiger partial charge on any atom is 0.237 e. The van der Waals surface area contributed by atoms with Crippen molar-refractivity contribution < 1.29 is 4.79 Å². The fourth-order valence-corrected chi connectivity index (χ4v) is 3.70. The minimum Gasteiger partial charge on any atom is -0.368 e. The molecule has 0 saturated heterocycles. The largest absolute Gasteiger partial charge is 0.368 e. The summed E-state index contributed by atoms with van der Waals surface area (Å²) in [6, 6.07) is 0. The molecule has 1 amide bonds. The summed E-state index contributed by atoms with van der Waals surface area (Å²) in [5, 5.41) is 8.40. The Labute approximate surface area is 111 Å². The Kier molecular flexibility index (Phi) is 3.91. The third kappa shape index (κ3) is 2.51. The fourth-order valence-electron chi connectivity index (χ4n) is 2.44. The van der Waals surface area contributed by atoms with E-state index in [4.69, 9.17) is 5.73 Å². The molecule has 1 aliphatic rings. The molecule has 7 heteroatoms. The van der Waals surface area contributed by atoms with Crippen molar-refractivity contribution in [3.63, 3.8) is 0 Å². The molecule has 1 saturated carbocycles. The molecule has 3 N–H and O–H groups in total. The van der Waals surface area contributed by atoms with E-state index >= 15 is 0 Å². The number of aryl methyl sites for hydroxylation is 1. The molecule has 0 radical (unpaired) electrons. The Morgan fingerprint density at radius 2 is 2.50 bits per heavy atom. The minimum absolute atomic E-state index is 0.256. The molecule has 1 aromatic rings. The molecule has 6 nitrogen and oxygen atoms in total. The lowest BCUT2D eigenvalue weighted by atomic mass is 9.81. The van der Waals surface area contributed by atoms with Crippen LogP contribution in [0.5, 0.6) is 0 Å². The second-order valence-corrected chi connectivity index (χ2v) is 5.97. The van der Waals surface area contributed by atoms with E-state index in [0.29, 0.717) is 5.25 Å². The molecule has 0 spiro atoms. The number of likely N-dealkylation sites (N-methyl/N-ethyl adjacent to an activating group) is 1. The molecule has 1 heterocycles. The molecule has 0 aromatic carbocycles. The first kappa shape index (κ1) is 13.4. The highest BCUT2D eigenvalue weighted by Gasteiger charge is 2.40. The zero-order valence-corrected chi connectivity index (χ0v) is 11.5. The molecule has 1 fully saturated rings. The summed E-state index contributed by atoms with van der Waals surface area (Å²) in [6.45, 7) is 0. The molecule has 1 aromatic heterocycles. The van der Waals surface area contributed by atoms with E-state index in [1.54, 1.807) is 29.8 Å². The van der Waals surface area contributed by atoms with Crippen molar-refractivity contribution in [2.45, 2.75) is 41.6 Å². The molecular weight excluding hydrogens is 250 g/mol. The number of nitrogens with one attached hydrogen (secondary N) is 1. The highest BCUT2D eigenvalue weighted by atomic mass is 32.2. The van der Waals surface area contributed by atoms with Crippen molar-refractivity contribution in [3.8, 4) is 0 Å². The summed E-state index contributed by atoms with van der Waals surface area (Å²) >= 11 is 1.67. The second kappa shape index (κ2) is 5.27. The lowest BCUT2D eigenvalue weighted by Crippen LogP contribution is -2.57. The Bertz CT molecular complexity index is 435. The van der Waals surface area contributed by atoms with Crippen LogP contribution in [0, 0.1) is 0 Å². The van der Waals surface area contributed by atoms with Gasteiger partial charge in [0, 0.05) is 12.3 Å². The fraction of sp³-hybridized carbons (Fsp3) is 0.727. The maximum absolute atomic E-state index is 11.6. The van der Waals surface area contributed by atoms with Crippen LogP contribution in [0.15, 0.2) is 11.5 Å². The Morgan fingerprint density at radius 1 is 1.72 bits per heavy atom. The smallest absolute Gasteiger partial charge is 0.237 e. The number of hydrogen-bond acceptors (Lipinski definition) is 5. The van der Waals surface area contributed by atoms with Crippen LogP contribution < -0.4 is 11.1 Å². The van der Waals surface area contributed by atoms with E-state index in [1.165, 1.54) is 0 Å². The molecule has 0 aliphatic heterocycles. The quantitative estimate of drug-likeness (QED) is 0.820. The first-order chi connectivity index (χ1) is 8.57. The van der Waals surface area contributed by atoms with Crippen molar-refractivity contribution in [2.24, 2.45) is 12.8 Å². The third-order valence-corrected chi connectivity index (χ3v) is 4.91. The Balaban J connectivity index is 2.07. The highest BCUT2D eigenvalue weighted by Crippen LogP contribution is 2.37. The van der Waals surface area contributed by atoms with Crippen LogP contribution in [0.25, 0.3) is 0 Å².